The Kier molecular flexibility index (Phi) is 5.21. The lowest BCUT2D eigenvalue weighted by Crippen LogP contribution is -2.25. The van der Waals surface area contributed by atoms with Crippen LogP contribution in [0, 0.1) is 6.92 Å². The molecule has 3 aromatic carbocycles. The van der Waals surface area contributed by atoms with E-state index in [1.807, 2.05) is 91.9 Å². The van der Waals surface area contributed by atoms with E-state index in [9.17, 15) is 4.79 Å². The predicted molar refractivity (Wildman–Crippen MR) is 120 cm³/mol. The molecule has 1 aliphatic rings. The third-order valence-corrected chi connectivity index (χ3v) is 5.39. The summed E-state index contributed by atoms with van der Waals surface area (Å²) in [6.07, 6.45) is 3.85. The maximum absolute atomic E-state index is 13.4. The van der Waals surface area contributed by atoms with Crippen LogP contribution in [0.4, 0.5) is 5.69 Å². The van der Waals surface area contributed by atoms with Gasteiger partial charge in [0.2, 0.25) is 0 Å². The molecular formula is C24H17BrClNO. The number of anilines is 1. The van der Waals surface area contributed by atoms with Crippen LogP contribution in [0.15, 0.2) is 88.9 Å². The fourth-order valence-electron chi connectivity index (χ4n) is 3.28. The normalized spacial score (nSPS) is 15.2. The Morgan fingerprint density at radius 3 is 2.36 bits per heavy atom. The van der Waals surface area contributed by atoms with Crippen LogP contribution < -0.4 is 4.90 Å². The average Bonchev–Trinajstić information content (AvgIpc) is 3.01. The highest BCUT2D eigenvalue weighted by Crippen LogP contribution is 2.37. The van der Waals surface area contributed by atoms with E-state index in [1.165, 1.54) is 0 Å². The minimum atomic E-state index is -0.0424. The van der Waals surface area contributed by atoms with E-state index >= 15 is 0 Å². The smallest absolute Gasteiger partial charge is 0.262 e. The van der Waals surface area contributed by atoms with Crippen LogP contribution >= 0.6 is 27.5 Å². The number of nitrogens with zero attached hydrogens (tertiary/aromatic N) is 1. The minimum Gasteiger partial charge on any atom is -0.276 e. The molecule has 2 nitrogen and oxygen atoms in total. The highest BCUT2D eigenvalue weighted by molar-refractivity contribution is 9.10. The molecule has 4 rings (SSSR count). The number of hydrogen-bond donors (Lipinski definition) is 0. The molecule has 0 N–H and O–H groups in total. The van der Waals surface area contributed by atoms with Crippen LogP contribution in [-0.4, -0.2) is 5.91 Å². The van der Waals surface area contributed by atoms with Gasteiger partial charge >= 0.3 is 0 Å². The molecule has 0 atom stereocenters. The summed E-state index contributed by atoms with van der Waals surface area (Å²) in [6, 6.07) is 23.4. The topological polar surface area (TPSA) is 20.3 Å². The average molecular weight is 451 g/mol. The number of halogens is 2. The van der Waals surface area contributed by atoms with Crippen molar-refractivity contribution in [2.24, 2.45) is 0 Å². The molecule has 138 valence electrons. The lowest BCUT2D eigenvalue weighted by Gasteiger charge is -2.23. The fraction of sp³-hybridized carbons (Fsp3) is 0.0417. The molecule has 0 bridgehead atoms. The van der Waals surface area contributed by atoms with Gasteiger partial charge in [-0.2, -0.15) is 0 Å². The number of hydrogen-bond acceptors (Lipinski definition) is 1. The van der Waals surface area contributed by atoms with Gasteiger partial charge in [0.1, 0.15) is 0 Å². The van der Waals surface area contributed by atoms with E-state index in [0.717, 1.165) is 32.5 Å². The molecule has 0 unspecified atom stereocenters. The van der Waals surface area contributed by atoms with E-state index in [0.29, 0.717) is 10.6 Å². The van der Waals surface area contributed by atoms with Crippen molar-refractivity contribution in [3.8, 4) is 0 Å². The summed E-state index contributed by atoms with van der Waals surface area (Å²) in [5.74, 6) is -0.0424. The van der Waals surface area contributed by atoms with Crippen molar-refractivity contribution in [2.75, 3.05) is 4.90 Å². The standard InChI is InChI=1S/C24H17BrClNO/c1-16-13-20(25)9-12-22(16)27-23(18-5-3-2-4-6-18)15-19(24(27)28)14-17-7-10-21(26)11-8-17/h2-15H,1H3. The summed E-state index contributed by atoms with van der Waals surface area (Å²) in [4.78, 5) is 15.2. The van der Waals surface area contributed by atoms with Crippen LogP contribution in [0.3, 0.4) is 0 Å². The predicted octanol–water partition coefficient (Wildman–Crippen LogP) is 6.88. The number of rotatable bonds is 3. The largest absolute Gasteiger partial charge is 0.276 e. The molecule has 1 heterocycles. The number of carbonyl (C=O) groups is 1. The highest BCUT2D eigenvalue weighted by atomic mass is 79.9. The second-order valence-electron chi connectivity index (χ2n) is 6.62. The molecule has 4 heteroatoms. The maximum atomic E-state index is 13.4. The maximum Gasteiger partial charge on any atom is 0.262 e. The molecule has 0 radical (unpaired) electrons. The van der Waals surface area contributed by atoms with Crippen LogP contribution in [0.25, 0.3) is 11.8 Å². The molecular weight excluding hydrogens is 434 g/mol. The minimum absolute atomic E-state index is 0.0424. The molecule has 0 saturated heterocycles. The van der Waals surface area contributed by atoms with Gasteiger partial charge in [0, 0.05) is 15.1 Å². The Morgan fingerprint density at radius 1 is 0.964 bits per heavy atom. The quantitative estimate of drug-likeness (QED) is 0.398. The van der Waals surface area contributed by atoms with E-state index in [-0.39, 0.29) is 5.91 Å². The Labute approximate surface area is 177 Å². The molecule has 3 aromatic rings. The van der Waals surface area contributed by atoms with Gasteiger partial charge in [-0.25, -0.2) is 0 Å². The zero-order valence-corrected chi connectivity index (χ0v) is 17.5. The fourth-order valence-corrected chi connectivity index (χ4v) is 3.89. The Morgan fingerprint density at radius 2 is 1.68 bits per heavy atom. The molecule has 0 saturated carbocycles. The molecule has 0 spiro atoms. The van der Waals surface area contributed by atoms with Crippen molar-refractivity contribution in [1.82, 2.24) is 0 Å². The van der Waals surface area contributed by atoms with Crippen LogP contribution in [0.2, 0.25) is 5.02 Å². The van der Waals surface area contributed by atoms with Gasteiger partial charge < -0.3 is 0 Å². The van der Waals surface area contributed by atoms with Gasteiger partial charge in [0.05, 0.1) is 11.4 Å². The van der Waals surface area contributed by atoms with Crippen molar-refractivity contribution in [1.29, 1.82) is 0 Å². The van der Waals surface area contributed by atoms with Gasteiger partial charge in [0.15, 0.2) is 0 Å². The van der Waals surface area contributed by atoms with E-state index in [1.54, 1.807) is 4.90 Å². The first-order valence-corrected chi connectivity index (χ1v) is 10.0. The van der Waals surface area contributed by atoms with Crippen LogP contribution in [0.5, 0.6) is 0 Å². The summed E-state index contributed by atoms with van der Waals surface area (Å²) >= 11 is 9.48. The van der Waals surface area contributed by atoms with Crippen molar-refractivity contribution in [3.63, 3.8) is 0 Å². The first-order valence-electron chi connectivity index (χ1n) is 8.88. The van der Waals surface area contributed by atoms with Crippen molar-refractivity contribution in [3.05, 3.63) is 111 Å². The van der Waals surface area contributed by atoms with Crippen molar-refractivity contribution in [2.45, 2.75) is 6.92 Å². The lowest BCUT2D eigenvalue weighted by molar-refractivity contribution is -0.113. The first kappa shape index (κ1) is 18.7. The molecule has 0 aromatic heterocycles. The number of aryl methyl sites for hydroxylation is 1. The Balaban J connectivity index is 1.84. The molecule has 0 aliphatic carbocycles. The van der Waals surface area contributed by atoms with Gasteiger partial charge in [0.25, 0.3) is 5.91 Å². The van der Waals surface area contributed by atoms with Gasteiger partial charge in [-0.3, -0.25) is 9.69 Å². The highest BCUT2D eigenvalue weighted by Gasteiger charge is 2.31. The molecule has 1 aliphatic heterocycles. The third-order valence-electron chi connectivity index (χ3n) is 4.64. The first-order chi connectivity index (χ1) is 13.5. The van der Waals surface area contributed by atoms with E-state index < -0.39 is 0 Å². The third kappa shape index (κ3) is 3.68. The molecule has 1 amide bonds. The van der Waals surface area contributed by atoms with Crippen molar-refractivity contribution < 1.29 is 4.79 Å². The lowest BCUT2D eigenvalue weighted by atomic mass is 10.1. The van der Waals surface area contributed by atoms with E-state index in [2.05, 4.69) is 15.9 Å². The summed E-state index contributed by atoms with van der Waals surface area (Å²) in [5.41, 5.74) is 5.35. The number of carbonyl (C=O) groups excluding carboxylic acids is 1. The van der Waals surface area contributed by atoms with E-state index in [4.69, 9.17) is 11.6 Å². The molecule has 28 heavy (non-hydrogen) atoms. The summed E-state index contributed by atoms with van der Waals surface area (Å²) in [7, 11) is 0. The monoisotopic (exact) mass is 449 g/mol. The van der Waals surface area contributed by atoms with Crippen LogP contribution in [0.1, 0.15) is 16.7 Å². The number of amides is 1. The number of benzene rings is 3. The Bertz CT molecular complexity index is 1100. The van der Waals surface area contributed by atoms with Crippen LogP contribution in [-0.2, 0) is 4.79 Å². The van der Waals surface area contributed by atoms with Gasteiger partial charge in [-0.15, -0.1) is 0 Å². The SMILES string of the molecule is Cc1cc(Br)ccc1N1C(=O)C(=Cc2ccc(Cl)cc2)C=C1c1ccccc1. The van der Waals surface area contributed by atoms with Gasteiger partial charge in [-0.1, -0.05) is 70.0 Å². The van der Waals surface area contributed by atoms with Gasteiger partial charge in [-0.05, 0) is 66.1 Å². The zero-order valence-electron chi connectivity index (χ0n) is 15.2. The summed E-state index contributed by atoms with van der Waals surface area (Å²) in [5, 5.41) is 0.674. The second-order valence-corrected chi connectivity index (χ2v) is 7.97. The Hall–Kier alpha value is -2.62. The zero-order chi connectivity index (χ0) is 19.7. The second kappa shape index (κ2) is 7.78. The van der Waals surface area contributed by atoms with Crippen molar-refractivity contribution >= 4 is 50.9 Å². The summed E-state index contributed by atoms with van der Waals surface area (Å²) in [6.45, 7) is 2.01. The molecule has 0 fully saturated rings. The summed E-state index contributed by atoms with van der Waals surface area (Å²) < 4.78 is 0.988.